The van der Waals surface area contributed by atoms with Crippen molar-refractivity contribution >= 4 is 32.2 Å². The number of thiophene rings is 1. The summed E-state index contributed by atoms with van der Waals surface area (Å²) in [4.78, 5) is 0.276. The lowest BCUT2D eigenvalue weighted by atomic mass is 10.4. The molecule has 0 bridgehead atoms. The van der Waals surface area contributed by atoms with Crippen molar-refractivity contribution in [1.29, 1.82) is 0 Å². The van der Waals surface area contributed by atoms with Crippen LogP contribution >= 0.6 is 11.3 Å². The Labute approximate surface area is 110 Å². The predicted molar refractivity (Wildman–Crippen MR) is 66.8 cm³/mol. The van der Waals surface area contributed by atoms with Crippen molar-refractivity contribution in [3.05, 3.63) is 42.2 Å². The van der Waals surface area contributed by atoms with Crippen LogP contribution in [0.25, 0.3) is 0 Å². The molecular weight excluding hydrogens is 297 g/mol. The molecule has 0 fully saturated rings. The molecule has 0 aliphatic carbocycles. The molecule has 0 spiro atoms. The fourth-order valence-electron chi connectivity index (χ4n) is 1.25. The highest BCUT2D eigenvalue weighted by Crippen LogP contribution is 2.26. The van der Waals surface area contributed by atoms with Gasteiger partial charge in [-0.15, -0.1) is 11.3 Å². The van der Waals surface area contributed by atoms with Gasteiger partial charge in [0, 0.05) is 4.90 Å². The Morgan fingerprint density at radius 3 is 2.50 bits per heavy atom. The Morgan fingerprint density at radius 2 is 1.94 bits per heavy atom. The van der Waals surface area contributed by atoms with Crippen molar-refractivity contribution in [3.63, 3.8) is 0 Å². The maximum absolute atomic E-state index is 13.0. The topological polar surface area (TPSA) is 77.2 Å². The number of sulfonamides is 1. The van der Waals surface area contributed by atoms with Crippen LogP contribution in [0.15, 0.2) is 49.7 Å². The second-order valence-corrected chi connectivity index (χ2v) is 7.92. The van der Waals surface area contributed by atoms with E-state index in [4.69, 9.17) is 5.14 Å². The van der Waals surface area contributed by atoms with E-state index in [1.165, 1.54) is 30.3 Å². The summed E-state index contributed by atoms with van der Waals surface area (Å²) >= 11 is 0.813. The lowest BCUT2D eigenvalue weighted by Crippen LogP contribution is -2.09. The molecule has 1 heterocycles. The molecule has 1 aromatic heterocycles. The van der Waals surface area contributed by atoms with Crippen LogP contribution < -0.4 is 5.14 Å². The number of rotatable bonds is 3. The number of hydrogen-bond acceptors (Lipinski definition) is 4. The van der Waals surface area contributed by atoms with E-state index in [9.17, 15) is 17.0 Å². The molecule has 1 aromatic carbocycles. The monoisotopic (exact) mass is 305 g/mol. The fraction of sp³-hybridized carbons (Fsp3) is 0. The summed E-state index contributed by atoms with van der Waals surface area (Å²) in [5.74, 6) is -0.496. The number of nitrogens with two attached hydrogens (primary N) is 1. The summed E-state index contributed by atoms with van der Waals surface area (Å²) in [5, 5.41) is 4.96. The Kier molecular flexibility index (Phi) is 3.62. The molecule has 2 aromatic rings. The summed E-state index contributed by atoms with van der Waals surface area (Å²) in [6.45, 7) is 0. The van der Waals surface area contributed by atoms with Crippen molar-refractivity contribution in [1.82, 2.24) is 0 Å². The van der Waals surface area contributed by atoms with Gasteiger partial charge in [-0.25, -0.2) is 22.2 Å². The molecule has 96 valence electrons. The normalized spacial score (nSPS) is 13.4. The minimum atomic E-state index is -3.80. The van der Waals surface area contributed by atoms with Crippen molar-refractivity contribution in [2.45, 2.75) is 13.3 Å². The van der Waals surface area contributed by atoms with Gasteiger partial charge >= 0.3 is 0 Å². The molecule has 0 radical (unpaired) electrons. The van der Waals surface area contributed by atoms with E-state index in [2.05, 4.69) is 0 Å². The Hall–Kier alpha value is -1.09. The zero-order valence-electron chi connectivity index (χ0n) is 8.87. The van der Waals surface area contributed by atoms with Gasteiger partial charge in [0.2, 0.25) is 10.0 Å². The number of halogens is 1. The first kappa shape index (κ1) is 13.3. The maximum Gasteiger partial charge on any atom is 0.247 e. The highest BCUT2D eigenvalue weighted by atomic mass is 32.3. The van der Waals surface area contributed by atoms with Crippen molar-refractivity contribution in [3.8, 4) is 0 Å². The standard InChI is InChI=1S/C10H8FNO3S3/c11-7-2-1-3-8(6-7)17(13)9-4-5-10(16-9)18(12,14)15/h1-6H,(H2,12,14,15)/t17-/m0/s1. The number of hydrogen-bond donors (Lipinski definition) is 1. The highest BCUT2D eigenvalue weighted by Gasteiger charge is 2.16. The van der Waals surface area contributed by atoms with Crippen LogP contribution in [0.4, 0.5) is 4.39 Å². The molecule has 18 heavy (non-hydrogen) atoms. The predicted octanol–water partition coefficient (Wildman–Crippen LogP) is 1.70. The molecule has 1 atom stereocenters. The first-order valence-corrected chi connectivity index (χ1v) is 8.19. The third-order valence-corrected chi connectivity index (χ3v) is 6.24. The molecule has 8 heteroatoms. The minimum absolute atomic E-state index is 0.0674. The smallest absolute Gasteiger partial charge is 0.247 e. The number of primary sulfonamides is 1. The zero-order chi connectivity index (χ0) is 13.3. The molecule has 0 unspecified atom stereocenters. The lowest BCUT2D eigenvalue weighted by molar-refractivity contribution is 0.600. The van der Waals surface area contributed by atoms with Crippen molar-refractivity contribution in [2.75, 3.05) is 0 Å². The van der Waals surface area contributed by atoms with Gasteiger partial charge in [-0.1, -0.05) is 6.07 Å². The van der Waals surface area contributed by atoms with Crippen molar-refractivity contribution < 1.29 is 17.0 Å². The van der Waals surface area contributed by atoms with Crippen LogP contribution in [-0.2, 0) is 20.8 Å². The summed E-state index contributed by atoms with van der Waals surface area (Å²) in [6.07, 6.45) is 0. The van der Waals surface area contributed by atoms with Gasteiger partial charge in [-0.2, -0.15) is 0 Å². The quantitative estimate of drug-likeness (QED) is 0.937. The summed E-state index contributed by atoms with van der Waals surface area (Å²) < 4.78 is 47.5. The van der Waals surface area contributed by atoms with Gasteiger partial charge in [0.05, 0.1) is 15.0 Å². The first-order valence-electron chi connectivity index (χ1n) is 4.68. The van der Waals surface area contributed by atoms with Crippen LogP contribution in [0.3, 0.4) is 0 Å². The summed E-state index contributed by atoms with van der Waals surface area (Å²) in [7, 11) is -5.41. The van der Waals surface area contributed by atoms with Crippen LogP contribution in [0, 0.1) is 5.82 Å². The second kappa shape index (κ2) is 4.88. The Morgan fingerprint density at radius 1 is 1.22 bits per heavy atom. The molecule has 0 saturated heterocycles. The van der Waals surface area contributed by atoms with E-state index < -0.39 is 26.6 Å². The van der Waals surface area contributed by atoms with Gasteiger partial charge in [0.15, 0.2) is 0 Å². The average Bonchev–Trinajstić information content (AvgIpc) is 2.77. The van der Waals surface area contributed by atoms with Gasteiger partial charge in [-0.05, 0) is 30.3 Å². The molecular formula is C10H8FNO3S3. The molecule has 2 rings (SSSR count). The zero-order valence-corrected chi connectivity index (χ0v) is 11.3. The minimum Gasteiger partial charge on any atom is -0.248 e. The molecule has 0 aliphatic rings. The van der Waals surface area contributed by atoms with Gasteiger partial charge in [-0.3, -0.25) is 0 Å². The molecule has 2 N–H and O–H groups in total. The molecule has 0 amide bonds. The van der Waals surface area contributed by atoms with E-state index in [1.54, 1.807) is 0 Å². The van der Waals surface area contributed by atoms with Gasteiger partial charge < -0.3 is 0 Å². The maximum atomic E-state index is 13.0. The van der Waals surface area contributed by atoms with E-state index >= 15 is 0 Å². The van der Waals surface area contributed by atoms with E-state index in [-0.39, 0.29) is 9.10 Å². The van der Waals surface area contributed by atoms with Gasteiger partial charge in [0.1, 0.15) is 10.0 Å². The summed E-state index contributed by atoms with van der Waals surface area (Å²) in [6, 6.07) is 8.03. The first-order chi connectivity index (χ1) is 8.38. The second-order valence-electron chi connectivity index (χ2n) is 3.34. The van der Waals surface area contributed by atoms with Crippen molar-refractivity contribution in [2.24, 2.45) is 5.14 Å². The molecule has 0 aliphatic heterocycles. The SMILES string of the molecule is NS(=O)(=O)c1ccc([S@@](=O)c2cccc(F)c2)s1. The van der Waals surface area contributed by atoms with Gasteiger partial charge in [0.25, 0.3) is 0 Å². The molecule has 4 nitrogen and oxygen atoms in total. The van der Waals surface area contributed by atoms with Crippen LogP contribution in [0.1, 0.15) is 0 Å². The Balaban J connectivity index is 2.38. The highest BCUT2D eigenvalue weighted by molar-refractivity contribution is 7.92. The van der Waals surface area contributed by atoms with Crippen LogP contribution in [0.2, 0.25) is 0 Å². The Bertz CT molecular complexity index is 709. The van der Waals surface area contributed by atoms with Crippen LogP contribution in [-0.4, -0.2) is 12.6 Å². The van der Waals surface area contributed by atoms with Crippen LogP contribution in [0.5, 0.6) is 0 Å². The average molecular weight is 305 g/mol. The summed E-state index contributed by atoms with van der Waals surface area (Å²) in [5.41, 5.74) is 0. The van der Waals surface area contributed by atoms with E-state index in [0.29, 0.717) is 4.21 Å². The fourth-order valence-corrected chi connectivity index (χ4v) is 4.58. The third-order valence-electron chi connectivity index (χ3n) is 2.03. The number of benzene rings is 1. The largest absolute Gasteiger partial charge is 0.248 e. The third kappa shape index (κ3) is 2.83. The van der Waals surface area contributed by atoms with E-state index in [1.807, 2.05) is 0 Å². The van der Waals surface area contributed by atoms with E-state index in [0.717, 1.165) is 17.4 Å². The lowest BCUT2D eigenvalue weighted by Gasteiger charge is -1.98. The molecule has 0 saturated carbocycles.